The molecule has 0 aliphatic carbocycles. The molecule has 2 saturated heterocycles. The smallest absolute Gasteiger partial charge is 0.475 e. The van der Waals surface area contributed by atoms with Crippen LogP contribution in [0.3, 0.4) is 0 Å². The predicted molar refractivity (Wildman–Crippen MR) is 136 cm³/mol. The van der Waals surface area contributed by atoms with Gasteiger partial charge in [0.15, 0.2) is 0 Å². The number of carboxylic acids is 3. The summed E-state index contributed by atoms with van der Waals surface area (Å²) in [6, 6.07) is 6.97. The molecule has 2 heterocycles. The van der Waals surface area contributed by atoms with Gasteiger partial charge >= 0.3 is 36.4 Å². The molecule has 1 spiro atoms. The van der Waals surface area contributed by atoms with Crippen LogP contribution in [-0.2, 0) is 25.7 Å². The van der Waals surface area contributed by atoms with Crippen LogP contribution in [0.15, 0.2) is 24.3 Å². The van der Waals surface area contributed by atoms with Crippen molar-refractivity contribution in [2.75, 3.05) is 60.0 Å². The second-order valence-electron chi connectivity index (χ2n) is 9.88. The number of carbonyl (C=O) groups is 3. The maximum absolute atomic E-state index is 13.4. The van der Waals surface area contributed by atoms with Crippen molar-refractivity contribution in [3.8, 4) is 0 Å². The van der Waals surface area contributed by atoms with Gasteiger partial charge in [-0.15, -0.1) is 0 Å². The van der Waals surface area contributed by atoms with Crippen LogP contribution >= 0.6 is 0 Å². The van der Waals surface area contributed by atoms with Crippen molar-refractivity contribution < 1.29 is 78.3 Å². The molecule has 20 heteroatoms. The van der Waals surface area contributed by atoms with Crippen molar-refractivity contribution in [3.63, 3.8) is 0 Å². The number of hydrogen-bond donors (Lipinski definition) is 3. The van der Waals surface area contributed by atoms with E-state index in [0.29, 0.717) is 0 Å². The highest BCUT2D eigenvalue weighted by atomic mass is 19.4. The standard InChI is InChI=1S/C19H30FN3O.3C2HF3O2/c1-21(2)10-11-23-12-13-24-16-19(23)6-8-22(9-7-19)15-17-4-3-5-18(20)14-17;3*3-2(4,5)1(6)7/h3-5,14H,6-13,15-16H2,1-2H3;3*(H,6,7). The minimum Gasteiger partial charge on any atom is -0.475 e. The summed E-state index contributed by atoms with van der Waals surface area (Å²) in [5.74, 6) is -8.41. The summed E-state index contributed by atoms with van der Waals surface area (Å²) < 4.78 is 114. The molecule has 0 atom stereocenters. The molecule has 0 bridgehead atoms. The van der Waals surface area contributed by atoms with Crippen molar-refractivity contribution >= 4 is 17.9 Å². The molecule has 2 aliphatic heterocycles. The maximum Gasteiger partial charge on any atom is 0.490 e. The molecule has 1 aromatic carbocycles. The summed E-state index contributed by atoms with van der Waals surface area (Å²) in [5.41, 5.74) is 1.27. The number of carboxylic acid groups (broad SMARTS) is 3. The summed E-state index contributed by atoms with van der Waals surface area (Å²) in [4.78, 5) is 34.0. The van der Waals surface area contributed by atoms with E-state index < -0.39 is 36.4 Å². The molecule has 0 amide bonds. The zero-order valence-electron chi connectivity index (χ0n) is 24.0. The Morgan fingerprint density at radius 2 is 1.29 bits per heavy atom. The Hall–Kier alpha value is -3.23. The minimum atomic E-state index is -5.08. The van der Waals surface area contributed by atoms with Gasteiger partial charge in [0.1, 0.15) is 5.82 Å². The largest absolute Gasteiger partial charge is 0.490 e. The third kappa shape index (κ3) is 17.2. The van der Waals surface area contributed by atoms with Gasteiger partial charge in [0.25, 0.3) is 0 Å². The molecular weight excluding hydrogens is 644 g/mol. The first-order valence-corrected chi connectivity index (χ1v) is 12.8. The van der Waals surface area contributed by atoms with Crippen LogP contribution in [0.5, 0.6) is 0 Å². The van der Waals surface area contributed by atoms with E-state index in [1.165, 1.54) is 6.07 Å². The van der Waals surface area contributed by atoms with Crippen molar-refractivity contribution in [1.29, 1.82) is 0 Å². The van der Waals surface area contributed by atoms with Gasteiger partial charge in [-0.2, -0.15) is 39.5 Å². The Morgan fingerprint density at radius 1 is 0.844 bits per heavy atom. The van der Waals surface area contributed by atoms with E-state index >= 15 is 0 Å². The van der Waals surface area contributed by atoms with Crippen LogP contribution in [0.4, 0.5) is 43.9 Å². The topological polar surface area (TPSA) is 131 Å². The highest BCUT2D eigenvalue weighted by Gasteiger charge is 2.42. The number of nitrogens with zero attached hydrogens (tertiary/aromatic N) is 3. The van der Waals surface area contributed by atoms with E-state index in [0.717, 1.165) is 70.9 Å². The summed E-state index contributed by atoms with van der Waals surface area (Å²) in [6.07, 6.45) is -13.0. The number of halogens is 10. The molecular formula is C25H33F10N3O7. The Bertz CT molecular complexity index is 1020. The molecule has 2 fully saturated rings. The van der Waals surface area contributed by atoms with Crippen molar-refractivity contribution in [3.05, 3.63) is 35.6 Å². The van der Waals surface area contributed by atoms with Crippen LogP contribution in [0.1, 0.15) is 18.4 Å². The van der Waals surface area contributed by atoms with E-state index in [4.69, 9.17) is 34.4 Å². The highest BCUT2D eigenvalue weighted by molar-refractivity contribution is 5.73. The first-order chi connectivity index (χ1) is 20.4. The predicted octanol–water partition coefficient (Wildman–Crippen LogP) is 3.95. The maximum atomic E-state index is 13.4. The molecule has 45 heavy (non-hydrogen) atoms. The molecule has 2 aliphatic rings. The zero-order chi connectivity index (χ0) is 35.2. The molecule has 260 valence electrons. The highest BCUT2D eigenvalue weighted by Crippen LogP contribution is 2.32. The van der Waals surface area contributed by atoms with E-state index in [2.05, 4.69) is 28.8 Å². The molecule has 3 N–H and O–H groups in total. The van der Waals surface area contributed by atoms with Gasteiger partial charge < -0.3 is 25.0 Å². The summed E-state index contributed by atoms with van der Waals surface area (Å²) in [7, 11) is 4.27. The number of likely N-dealkylation sites (tertiary alicyclic amines) is 1. The minimum absolute atomic E-state index is 0.142. The lowest BCUT2D eigenvalue weighted by Gasteiger charge is -2.51. The average molecular weight is 678 g/mol. The summed E-state index contributed by atoms with van der Waals surface area (Å²) >= 11 is 0. The molecule has 0 unspecified atom stereocenters. The first kappa shape index (κ1) is 41.8. The SMILES string of the molecule is CN(C)CCN1CCOCC12CCN(Cc1cccc(F)c1)CC2.O=C(O)C(F)(F)F.O=C(O)C(F)(F)F.O=C(O)C(F)(F)F. The molecule has 1 aromatic rings. The fourth-order valence-corrected chi connectivity index (χ4v) is 3.92. The number of morpholine rings is 1. The number of rotatable bonds is 5. The van der Waals surface area contributed by atoms with E-state index in [9.17, 15) is 43.9 Å². The number of likely N-dealkylation sites (N-methyl/N-ethyl adjacent to an activating group) is 1. The lowest BCUT2D eigenvalue weighted by molar-refractivity contribution is -0.193. The monoisotopic (exact) mass is 677 g/mol. The second kappa shape index (κ2) is 18.1. The number of benzene rings is 1. The normalized spacial score (nSPS) is 17.2. The molecule has 3 rings (SSSR count). The van der Waals surface area contributed by atoms with Gasteiger partial charge in [0.05, 0.1) is 13.2 Å². The van der Waals surface area contributed by atoms with Crippen LogP contribution in [0.2, 0.25) is 0 Å². The van der Waals surface area contributed by atoms with Crippen molar-refractivity contribution in [2.24, 2.45) is 0 Å². The second-order valence-corrected chi connectivity index (χ2v) is 9.88. The summed E-state index contributed by atoms with van der Waals surface area (Å²) in [5, 5.41) is 21.4. The third-order valence-corrected chi connectivity index (χ3v) is 6.17. The van der Waals surface area contributed by atoms with Crippen molar-refractivity contribution in [1.82, 2.24) is 14.7 Å². The molecule has 10 nitrogen and oxygen atoms in total. The zero-order valence-corrected chi connectivity index (χ0v) is 24.0. The molecule has 0 aromatic heterocycles. The van der Waals surface area contributed by atoms with E-state index in [-0.39, 0.29) is 11.4 Å². The Labute approximate surface area is 250 Å². The van der Waals surface area contributed by atoms with Gasteiger partial charge in [-0.3, -0.25) is 9.80 Å². The fraction of sp³-hybridized carbons (Fsp3) is 0.640. The Balaban J connectivity index is 0.000000753. The number of ether oxygens (including phenoxy) is 1. The number of piperidine rings is 1. The van der Waals surface area contributed by atoms with Crippen LogP contribution in [-0.4, -0.2) is 132 Å². The van der Waals surface area contributed by atoms with Gasteiger partial charge in [-0.05, 0) is 44.6 Å². The van der Waals surface area contributed by atoms with E-state index in [1.54, 1.807) is 12.1 Å². The van der Waals surface area contributed by atoms with Gasteiger partial charge in [-0.1, -0.05) is 12.1 Å². The summed E-state index contributed by atoms with van der Waals surface area (Å²) in [6.45, 7) is 7.90. The molecule has 0 saturated carbocycles. The van der Waals surface area contributed by atoms with Gasteiger partial charge in [0.2, 0.25) is 0 Å². The third-order valence-electron chi connectivity index (χ3n) is 6.17. The van der Waals surface area contributed by atoms with Crippen LogP contribution in [0, 0.1) is 5.82 Å². The van der Waals surface area contributed by atoms with Crippen molar-refractivity contribution in [2.45, 2.75) is 43.5 Å². The van der Waals surface area contributed by atoms with Crippen LogP contribution < -0.4 is 0 Å². The molecule has 0 radical (unpaired) electrons. The lowest BCUT2D eigenvalue weighted by atomic mass is 9.85. The van der Waals surface area contributed by atoms with Gasteiger partial charge in [0, 0.05) is 44.8 Å². The Kier molecular flexibility index (Phi) is 16.8. The first-order valence-electron chi connectivity index (χ1n) is 12.8. The lowest BCUT2D eigenvalue weighted by Crippen LogP contribution is -2.62. The number of aliphatic carboxylic acids is 3. The van der Waals surface area contributed by atoms with E-state index in [1.807, 2.05) is 6.07 Å². The Morgan fingerprint density at radius 3 is 1.67 bits per heavy atom. The number of alkyl halides is 9. The number of hydrogen-bond acceptors (Lipinski definition) is 7. The average Bonchev–Trinajstić information content (AvgIpc) is 2.89. The van der Waals surface area contributed by atoms with Crippen LogP contribution in [0.25, 0.3) is 0 Å². The fourth-order valence-electron chi connectivity index (χ4n) is 3.92. The quantitative estimate of drug-likeness (QED) is 0.394. The van der Waals surface area contributed by atoms with Gasteiger partial charge in [-0.25, -0.2) is 18.8 Å².